The van der Waals surface area contributed by atoms with Crippen molar-refractivity contribution in [3.05, 3.63) is 0 Å². The van der Waals surface area contributed by atoms with Gasteiger partial charge in [-0.25, -0.2) is 0 Å². The molecule has 1 aliphatic rings. The van der Waals surface area contributed by atoms with Crippen LogP contribution in [0.2, 0.25) is 0 Å². The smallest absolute Gasteiger partial charge is 0.303 e. The molecule has 3 heteroatoms. The molecule has 3 nitrogen and oxygen atoms in total. The van der Waals surface area contributed by atoms with E-state index in [1.54, 1.807) is 0 Å². The maximum absolute atomic E-state index is 10.6. The van der Waals surface area contributed by atoms with Crippen LogP contribution in [0.4, 0.5) is 0 Å². The molecule has 0 aliphatic heterocycles. The minimum absolute atomic E-state index is 0.138. The molecule has 1 rings (SSSR count). The Balaban J connectivity index is 1.99. The summed E-state index contributed by atoms with van der Waals surface area (Å²) in [5, 5.41) is 12.2. The van der Waals surface area contributed by atoms with E-state index in [1.807, 2.05) is 0 Å². The highest BCUT2D eigenvalue weighted by molar-refractivity contribution is 5.66. The molecule has 2 N–H and O–H groups in total. The van der Waals surface area contributed by atoms with Gasteiger partial charge in [-0.3, -0.25) is 4.79 Å². The van der Waals surface area contributed by atoms with Crippen LogP contribution in [0.15, 0.2) is 0 Å². The zero-order chi connectivity index (χ0) is 13.4. The van der Waals surface area contributed by atoms with Gasteiger partial charge in [-0.05, 0) is 43.7 Å². The average Bonchev–Trinajstić information content (AvgIpc) is 2.79. The van der Waals surface area contributed by atoms with Gasteiger partial charge >= 0.3 is 5.97 Å². The Morgan fingerprint density at radius 2 is 1.89 bits per heavy atom. The van der Waals surface area contributed by atoms with Crippen LogP contribution in [0.5, 0.6) is 0 Å². The molecule has 0 bridgehead atoms. The zero-order valence-electron chi connectivity index (χ0n) is 12.0. The lowest BCUT2D eigenvalue weighted by Gasteiger charge is -2.24. The number of hydrogen-bond donors (Lipinski definition) is 2. The van der Waals surface area contributed by atoms with Crippen LogP contribution >= 0.6 is 0 Å². The fourth-order valence-corrected chi connectivity index (χ4v) is 2.73. The molecule has 0 aromatic carbocycles. The third kappa shape index (κ3) is 7.00. The SMILES string of the molecule is CC(C)(CCNCCC1CCCC1)CCC(=O)O. The van der Waals surface area contributed by atoms with E-state index < -0.39 is 5.97 Å². The van der Waals surface area contributed by atoms with Gasteiger partial charge in [0.15, 0.2) is 0 Å². The standard InChI is InChI=1S/C15H29NO2/c1-15(2,9-7-14(17)18)10-12-16-11-8-13-5-3-4-6-13/h13,16H,3-12H2,1-2H3,(H,17,18). The van der Waals surface area contributed by atoms with Crippen LogP contribution in [-0.4, -0.2) is 24.2 Å². The quantitative estimate of drug-likeness (QED) is 0.620. The summed E-state index contributed by atoms with van der Waals surface area (Å²) >= 11 is 0. The minimum atomic E-state index is -0.683. The maximum atomic E-state index is 10.6. The van der Waals surface area contributed by atoms with Gasteiger partial charge in [-0.15, -0.1) is 0 Å². The largest absolute Gasteiger partial charge is 0.481 e. The zero-order valence-corrected chi connectivity index (χ0v) is 12.0. The Labute approximate surface area is 111 Å². The first-order valence-electron chi connectivity index (χ1n) is 7.42. The molecule has 18 heavy (non-hydrogen) atoms. The summed E-state index contributed by atoms with van der Waals surface area (Å²) in [5.41, 5.74) is 0.138. The molecule has 0 unspecified atom stereocenters. The summed E-state index contributed by atoms with van der Waals surface area (Å²) in [6.45, 7) is 6.46. The van der Waals surface area contributed by atoms with E-state index >= 15 is 0 Å². The second kappa shape index (κ2) is 7.78. The molecule has 0 aromatic heterocycles. The van der Waals surface area contributed by atoms with Gasteiger partial charge in [0.2, 0.25) is 0 Å². The van der Waals surface area contributed by atoms with Gasteiger partial charge < -0.3 is 10.4 Å². The molecular formula is C15H29NO2. The highest BCUT2D eigenvalue weighted by Gasteiger charge is 2.19. The van der Waals surface area contributed by atoms with E-state index in [0.717, 1.165) is 31.8 Å². The molecule has 0 radical (unpaired) electrons. The predicted molar refractivity (Wildman–Crippen MR) is 74.7 cm³/mol. The second-order valence-corrected chi connectivity index (χ2v) is 6.50. The van der Waals surface area contributed by atoms with Crippen LogP contribution in [-0.2, 0) is 4.79 Å². The van der Waals surface area contributed by atoms with Crippen LogP contribution in [0.25, 0.3) is 0 Å². The fourth-order valence-electron chi connectivity index (χ4n) is 2.73. The van der Waals surface area contributed by atoms with E-state index in [4.69, 9.17) is 5.11 Å². The number of rotatable bonds is 9. The van der Waals surface area contributed by atoms with Crippen LogP contribution < -0.4 is 5.32 Å². The first kappa shape index (κ1) is 15.5. The van der Waals surface area contributed by atoms with E-state index in [-0.39, 0.29) is 11.8 Å². The van der Waals surface area contributed by atoms with Crippen molar-refractivity contribution in [2.45, 2.75) is 65.2 Å². The van der Waals surface area contributed by atoms with Gasteiger partial charge in [0.1, 0.15) is 0 Å². The number of carboxylic acid groups (broad SMARTS) is 1. The summed E-state index contributed by atoms with van der Waals surface area (Å²) in [7, 11) is 0. The third-order valence-electron chi connectivity index (χ3n) is 4.20. The van der Waals surface area contributed by atoms with Crippen molar-refractivity contribution in [3.8, 4) is 0 Å². The lowest BCUT2D eigenvalue weighted by Crippen LogP contribution is -2.24. The van der Waals surface area contributed by atoms with E-state index in [1.165, 1.54) is 32.1 Å². The first-order chi connectivity index (χ1) is 8.49. The molecule has 0 saturated heterocycles. The summed E-state index contributed by atoms with van der Waals surface area (Å²) in [4.78, 5) is 10.6. The summed E-state index contributed by atoms with van der Waals surface area (Å²) in [5.74, 6) is 0.273. The fraction of sp³-hybridized carbons (Fsp3) is 0.933. The highest BCUT2D eigenvalue weighted by Crippen LogP contribution is 2.27. The molecule has 1 aliphatic carbocycles. The minimum Gasteiger partial charge on any atom is -0.481 e. The Bertz CT molecular complexity index is 245. The number of hydrogen-bond acceptors (Lipinski definition) is 2. The molecule has 1 fully saturated rings. The average molecular weight is 255 g/mol. The molecule has 0 amide bonds. The van der Waals surface area contributed by atoms with Gasteiger partial charge in [-0.2, -0.15) is 0 Å². The highest BCUT2D eigenvalue weighted by atomic mass is 16.4. The van der Waals surface area contributed by atoms with E-state index in [2.05, 4.69) is 19.2 Å². The summed E-state index contributed by atoms with van der Waals surface area (Å²) < 4.78 is 0. The van der Waals surface area contributed by atoms with Crippen molar-refractivity contribution >= 4 is 5.97 Å². The van der Waals surface area contributed by atoms with Crippen molar-refractivity contribution < 1.29 is 9.90 Å². The van der Waals surface area contributed by atoms with Crippen molar-refractivity contribution in [2.24, 2.45) is 11.3 Å². The van der Waals surface area contributed by atoms with E-state index in [0.29, 0.717) is 0 Å². The van der Waals surface area contributed by atoms with Crippen LogP contribution in [0.3, 0.4) is 0 Å². The summed E-state index contributed by atoms with van der Waals surface area (Å²) in [6, 6.07) is 0. The molecule has 0 aromatic rings. The normalized spacial score (nSPS) is 17.2. The van der Waals surface area contributed by atoms with Crippen molar-refractivity contribution in [3.63, 3.8) is 0 Å². The predicted octanol–water partition coefficient (Wildman–Crippen LogP) is 3.44. The monoisotopic (exact) mass is 255 g/mol. The number of nitrogens with one attached hydrogen (secondary N) is 1. The Hall–Kier alpha value is -0.570. The Morgan fingerprint density at radius 3 is 2.50 bits per heavy atom. The van der Waals surface area contributed by atoms with Crippen molar-refractivity contribution in [1.29, 1.82) is 0 Å². The van der Waals surface area contributed by atoms with Gasteiger partial charge in [0.05, 0.1) is 0 Å². The summed E-state index contributed by atoms with van der Waals surface area (Å²) in [6.07, 6.45) is 9.12. The van der Waals surface area contributed by atoms with E-state index in [9.17, 15) is 4.79 Å². The van der Waals surface area contributed by atoms with Gasteiger partial charge in [0.25, 0.3) is 0 Å². The molecule has 106 valence electrons. The van der Waals surface area contributed by atoms with Crippen LogP contribution in [0.1, 0.15) is 65.2 Å². The third-order valence-corrected chi connectivity index (χ3v) is 4.20. The Kier molecular flexibility index (Phi) is 6.69. The van der Waals surface area contributed by atoms with Crippen molar-refractivity contribution in [2.75, 3.05) is 13.1 Å². The lowest BCUT2D eigenvalue weighted by atomic mass is 9.84. The topological polar surface area (TPSA) is 49.3 Å². The lowest BCUT2D eigenvalue weighted by molar-refractivity contribution is -0.137. The van der Waals surface area contributed by atoms with Gasteiger partial charge in [0, 0.05) is 6.42 Å². The van der Waals surface area contributed by atoms with Crippen LogP contribution in [0, 0.1) is 11.3 Å². The molecule has 0 heterocycles. The molecule has 0 spiro atoms. The number of carbonyl (C=O) groups is 1. The first-order valence-corrected chi connectivity index (χ1v) is 7.42. The number of carboxylic acids is 1. The molecule has 1 saturated carbocycles. The Morgan fingerprint density at radius 1 is 1.22 bits per heavy atom. The maximum Gasteiger partial charge on any atom is 0.303 e. The number of aliphatic carboxylic acids is 1. The second-order valence-electron chi connectivity index (χ2n) is 6.50. The van der Waals surface area contributed by atoms with Gasteiger partial charge in [-0.1, -0.05) is 39.5 Å². The van der Waals surface area contributed by atoms with Crippen molar-refractivity contribution in [1.82, 2.24) is 5.32 Å². The molecule has 0 atom stereocenters. The molecular weight excluding hydrogens is 226 g/mol.